The number of aryl methyl sites for hydroxylation is 2. The summed E-state index contributed by atoms with van der Waals surface area (Å²) in [5.41, 5.74) is 6.15. The molecule has 1 aliphatic heterocycles. The molecule has 1 aromatic carbocycles. The van der Waals surface area contributed by atoms with Crippen molar-refractivity contribution in [1.82, 2.24) is 9.88 Å². The zero-order valence-electron chi connectivity index (χ0n) is 14.9. The zero-order chi connectivity index (χ0) is 17.4. The molecule has 0 N–H and O–H groups in total. The summed E-state index contributed by atoms with van der Waals surface area (Å²) in [7, 11) is 0. The SMILES string of the molecule is Cc1ccc(-c2cnccc2C2SCC(=O)N2C2CCCC2)cc1C. The van der Waals surface area contributed by atoms with Crippen molar-refractivity contribution < 1.29 is 4.79 Å². The molecule has 1 aromatic heterocycles. The van der Waals surface area contributed by atoms with Crippen molar-refractivity contribution in [3.8, 4) is 11.1 Å². The van der Waals surface area contributed by atoms with Crippen LogP contribution in [0.5, 0.6) is 0 Å². The van der Waals surface area contributed by atoms with Gasteiger partial charge in [-0.15, -0.1) is 11.8 Å². The van der Waals surface area contributed by atoms with Gasteiger partial charge in [0, 0.05) is 24.0 Å². The Hall–Kier alpha value is -1.81. The van der Waals surface area contributed by atoms with Gasteiger partial charge in [-0.25, -0.2) is 0 Å². The lowest BCUT2D eigenvalue weighted by Gasteiger charge is -2.31. The van der Waals surface area contributed by atoms with E-state index in [1.807, 2.05) is 12.4 Å². The summed E-state index contributed by atoms with van der Waals surface area (Å²) in [5, 5.41) is 0.121. The number of hydrogen-bond donors (Lipinski definition) is 0. The Morgan fingerprint density at radius 3 is 2.68 bits per heavy atom. The number of amides is 1. The molecule has 1 saturated carbocycles. The normalized spacial score (nSPS) is 21.3. The summed E-state index contributed by atoms with van der Waals surface area (Å²) >= 11 is 1.76. The number of carbonyl (C=O) groups excluding carboxylic acids is 1. The number of carbonyl (C=O) groups is 1. The van der Waals surface area contributed by atoms with Crippen molar-refractivity contribution in [3.05, 3.63) is 53.3 Å². The molecule has 4 heteroatoms. The standard InChI is InChI=1S/C21H24N2OS/c1-14-7-8-16(11-15(14)2)19-12-22-10-9-18(19)21-23(20(24)13-25-21)17-5-3-4-6-17/h7-12,17,21H,3-6,13H2,1-2H3. The van der Waals surface area contributed by atoms with Crippen LogP contribution in [-0.4, -0.2) is 27.6 Å². The third-order valence-corrected chi connectivity index (χ3v) is 6.77. The first-order valence-corrected chi connectivity index (χ1v) is 10.1. The van der Waals surface area contributed by atoms with Crippen molar-refractivity contribution in [2.45, 2.75) is 50.9 Å². The van der Waals surface area contributed by atoms with E-state index in [-0.39, 0.29) is 5.37 Å². The smallest absolute Gasteiger partial charge is 0.234 e. The van der Waals surface area contributed by atoms with Gasteiger partial charge in [-0.2, -0.15) is 0 Å². The highest BCUT2D eigenvalue weighted by atomic mass is 32.2. The van der Waals surface area contributed by atoms with Crippen molar-refractivity contribution in [2.24, 2.45) is 0 Å². The van der Waals surface area contributed by atoms with Crippen LogP contribution in [0.4, 0.5) is 0 Å². The third kappa shape index (κ3) is 3.08. The van der Waals surface area contributed by atoms with Gasteiger partial charge in [-0.05, 0) is 55.0 Å². The molecule has 1 unspecified atom stereocenters. The molecule has 2 aromatic rings. The molecule has 2 fully saturated rings. The maximum Gasteiger partial charge on any atom is 0.234 e. The van der Waals surface area contributed by atoms with Crippen LogP contribution in [-0.2, 0) is 4.79 Å². The van der Waals surface area contributed by atoms with E-state index in [0.717, 1.165) is 18.4 Å². The predicted octanol–water partition coefficient (Wildman–Crippen LogP) is 4.88. The number of rotatable bonds is 3. The van der Waals surface area contributed by atoms with E-state index in [4.69, 9.17) is 0 Å². The van der Waals surface area contributed by atoms with Crippen molar-refractivity contribution in [1.29, 1.82) is 0 Å². The maximum atomic E-state index is 12.6. The van der Waals surface area contributed by atoms with Crippen LogP contribution < -0.4 is 0 Å². The summed E-state index contributed by atoms with van der Waals surface area (Å²) in [6.45, 7) is 4.28. The van der Waals surface area contributed by atoms with E-state index < -0.39 is 0 Å². The summed E-state index contributed by atoms with van der Waals surface area (Å²) in [4.78, 5) is 19.1. The monoisotopic (exact) mass is 352 g/mol. The van der Waals surface area contributed by atoms with Crippen LogP contribution in [0.15, 0.2) is 36.7 Å². The first-order valence-electron chi connectivity index (χ1n) is 9.09. The number of benzene rings is 1. The number of pyridine rings is 1. The first-order chi connectivity index (χ1) is 12.1. The van der Waals surface area contributed by atoms with Crippen LogP contribution in [0.1, 0.15) is 47.7 Å². The van der Waals surface area contributed by atoms with Gasteiger partial charge in [0.05, 0.1) is 5.75 Å². The average molecular weight is 353 g/mol. The van der Waals surface area contributed by atoms with E-state index in [0.29, 0.717) is 17.7 Å². The van der Waals surface area contributed by atoms with E-state index in [1.165, 1.54) is 35.1 Å². The highest BCUT2D eigenvalue weighted by Crippen LogP contribution is 2.45. The summed E-state index contributed by atoms with van der Waals surface area (Å²) in [6, 6.07) is 9.08. The van der Waals surface area contributed by atoms with Gasteiger partial charge in [0.25, 0.3) is 0 Å². The lowest BCUT2D eigenvalue weighted by molar-refractivity contribution is -0.130. The molecule has 1 atom stereocenters. The van der Waals surface area contributed by atoms with E-state index in [2.05, 4.69) is 48.0 Å². The second kappa shape index (κ2) is 6.83. The molecule has 3 nitrogen and oxygen atoms in total. The van der Waals surface area contributed by atoms with Gasteiger partial charge in [-0.3, -0.25) is 9.78 Å². The van der Waals surface area contributed by atoms with Gasteiger partial charge in [0.15, 0.2) is 0 Å². The average Bonchev–Trinajstić information content (AvgIpc) is 3.26. The number of hydrogen-bond acceptors (Lipinski definition) is 3. The maximum absolute atomic E-state index is 12.6. The van der Waals surface area contributed by atoms with Gasteiger partial charge in [0.1, 0.15) is 5.37 Å². The quantitative estimate of drug-likeness (QED) is 0.789. The molecule has 2 heterocycles. The second-order valence-electron chi connectivity index (χ2n) is 7.16. The van der Waals surface area contributed by atoms with Crippen LogP contribution in [0.25, 0.3) is 11.1 Å². The fourth-order valence-electron chi connectivity index (χ4n) is 4.02. The molecule has 2 aliphatic rings. The Bertz CT molecular complexity index is 798. The van der Waals surface area contributed by atoms with Crippen LogP contribution >= 0.6 is 11.8 Å². The third-order valence-electron chi connectivity index (χ3n) is 5.56. The van der Waals surface area contributed by atoms with Crippen LogP contribution in [0.2, 0.25) is 0 Å². The van der Waals surface area contributed by atoms with E-state index in [9.17, 15) is 4.79 Å². The molecular weight excluding hydrogens is 328 g/mol. The molecule has 1 amide bonds. The Morgan fingerprint density at radius 1 is 1.12 bits per heavy atom. The largest absolute Gasteiger partial charge is 0.323 e. The molecule has 0 spiro atoms. The van der Waals surface area contributed by atoms with Crippen molar-refractivity contribution >= 4 is 17.7 Å². The minimum Gasteiger partial charge on any atom is -0.323 e. The molecule has 25 heavy (non-hydrogen) atoms. The number of aromatic nitrogens is 1. The molecule has 1 aliphatic carbocycles. The van der Waals surface area contributed by atoms with Gasteiger partial charge >= 0.3 is 0 Å². The highest BCUT2D eigenvalue weighted by molar-refractivity contribution is 8.00. The minimum absolute atomic E-state index is 0.121. The fourth-order valence-corrected chi connectivity index (χ4v) is 5.31. The van der Waals surface area contributed by atoms with Crippen LogP contribution in [0, 0.1) is 13.8 Å². The topological polar surface area (TPSA) is 33.2 Å². The summed E-state index contributed by atoms with van der Waals surface area (Å²) < 4.78 is 0. The lowest BCUT2D eigenvalue weighted by atomic mass is 9.97. The molecule has 130 valence electrons. The lowest BCUT2D eigenvalue weighted by Crippen LogP contribution is -2.36. The van der Waals surface area contributed by atoms with Crippen molar-refractivity contribution in [2.75, 3.05) is 5.75 Å². The minimum atomic E-state index is 0.121. The molecule has 0 radical (unpaired) electrons. The molecule has 4 rings (SSSR count). The number of thioether (sulfide) groups is 1. The van der Waals surface area contributed by atoms with Gasteiger partial charge in [0.2, 0.25) is 5.91 Å². The Morgan fingerprint density at radius 2 is 1.92 bits per heavy atom. The summed E-state index contributed by atoms with van der Waals surface area (Å²) in [6.07, 6.45) is 8.59. The fraction of sp³-hybridized carbons (Fsp3) is 0.429. The zero-order valence-corrected chi connectivity index (χ0v) is 15.7. The Labute approximate surface area is 153 Å². The van der Waals surface area contributed by atoms with Gasteiger partial charge < -0.3 is 4.90 Å². The molecular formula is C21H24N2OS. The predicted molar refractivity (Wildman–Crippen MR) is 103 cm³/mol. The van der Waals surface area contributed by atoms with E-state index >= 15 is 0 Å². The molecule has 0 bridgehead atoms. The Kier molecular flexibility index (Phi) is 4.55. The highest BCUT2D eigenvalue weighted by Gasteiger charge is 2.39. The second-order valence-corrected chi connectivity index (χ2v) is 8.23. The van der Waals surface area contributed by atoms with Crippen LogP contribution in [0.3, 0.4) is 0 Å². The van der Waals surface area contributed by atoms with E-state index in [1.54, 1.807) is 11.8 Å². The first kappa shape index (κ1) is 16.6. The van der Waals surface area contributed by atoms with Gasteiger partial charge in [-0.1, -0.05) is 31.0 Å². The summed E-state index contributed by atoms with van der Waals surface area (Å²) in [5.74, 6) is 0.889. The van der Waals surface area contributed by atoms with Crippen molar-refractivity contribution in [3.63, 3.8) is 0 Å². The molecule has 1 saturated heterocycles. The number of nitrogens with zero attached hydrogens (tertiary/aromatic N) is 2. The Balaban J connectivity index is 1.75.